The van der Waals surface area contributed by atoms with Crippen LogP contribution in [0.5, 0.6) is 0 Å². The summed E-state index contributed by atoms with van der Waals surface area (Å²) in [5, 5.41) is 10.6. The number of nitrogens with two attached hydrogens (primary N) is 1. The SMILES string of the molecule is Cc1ccc(NC(=O)Nc2cccc(C(F)(F)F)c2)cc1C(=O)Nc1cnc(NC2=CCCC(N)=C2)nc1. The third-order valence-electron chi connectivity index (χ3n) is 5.49. The number of amides is 3. The fraction of sp³-hybridized carbons (Fsp3) is 0.154. The van der Waals surface area contributed by atoms with Gasteiger partial charge in [-0.1, -0.05) is 18.2 Å². The Kier molecular flexibility index (Phi) is 7.61. The van der Waals surface area contributed by atoms with Gasteiger partial charge in [-0.25, -0.2) is 14.8 Å². The van der Waals surface area contributed by atoms with Gasteiger partial charge in [0.05, 0.1) is 23.6 Å². The van der Waals surface area contributed by atoms with Gasteiger partial charge in [0.15, 0.2) is 0 Å². The number of carbonyl (C=O) groups is 2. The number of carbonyl (C=O) groups excluding carboxylic acids is 2. The number of rotatable bonds is 6. The average molecular weight is 524 g/mol. The molecule has 2 aromatic carbocycles. The standard InChI is InChI=1S/C26H24F3N7O2/c1-15-8-9-20(36-25(38)35-18-6-2-4-16(10-18)26(27,28)29)12-22(15)23(37)33-21-13-31-24(32-14-21)34-19-7-3-5-17(30)11-19/h2,4,6-14H,3,5,30H2,1H3,(H,33,37)(H,31,32,34)(H2,35,36,38). The van der Waals surface area contributed by atoms with Crippen molar-refractivity contribution in [3.63, 3.8) is 0 Å². The van der Waals surface area contributed by atoms with Crippen molar-refractivity contribution in [1.29, 1.82) is 0 Å². The Bertz CT molecular complexity index is 1420. The second-order valence-corrected chi connectivity index (χ2v) is 8.48. The van der Waals surface area contributed by atoms with Gasteiger partial charge >= 0.3 is 12.2 Å². The van der Waals surface area contributed by atoms with Gasteiger partial charge in [0.1, 0.15) is 0 Å². The molecule has 6 N–H and O–H groups in total. The summed E-state index contributed by atoms with van der Waals surface area (Å²) in [4.78, 5) is 33.6. The van der Waals surface area contributed by atoms with Crippen LogP contribution in [-0.4, -0.2) is 21.9 Å². The van der Waals surface area contributed by atoms with Crippen LogP contribution in [0.25, 0.3) is 0 Å². The van der Waals surface area contributed by atoms with E-state index in [1.165, 1.54) is 30.6 Å². The fourth-order valence-corrected chi connectivity index (χ4v) is 3.61. The molecule has 0 spiro atoms. The maximum atomic E-state index is 12.9. The summed E-state index contributed by atoms with van der Waals surface area (Å²) in [7, 11) is 0. The lowest BCUT2D eigenvalue weighted by Gasteiger charge is -2.13. The van der Waals surface area contributed by atoms with Crippen molar-refractivity contribution < 1.29 is 22.8 Å². The van der Waals surface area contributed by atoms with E-state index in [2.05, 4.69) is 31.2 Å². The molecule has 0 fully saturated rings. The van der Waals surface area contributed by atoms with Crippen LogP contribution in [0.4, 0.5) is 41.0 Å². The van der Waals surface area contributed by atoms with E-state index in [-0.39, 0.29) is 16.9 Å². The summed E-state index contributed by atoms with van der Waals surface area (Å²) in [6.45, 7) is 1.72. The first-order valence-corrected chi connectivity index (χ1v) is 11.5. The molecule has 12 heteroatoms. The van der Waals surface area contributed by atoms with E-state index in [0.717, 1.165) is 36.4 Å². The molecule has 3 aromatic rings. The zero-order valence-electron chi connectivity index (χ0n) is 20.2. The third-order valence-corrected chi connectivity index (χ3v) is 5.49. The second-order valence-electron chi connectivity index (χ2n) is 8.48. The minimum absolute atomic E-state index is 0.0281. The number of urea groups is 1. The molecule has 1 aromatic heterocycles. The lowest BCUT2D eigenvalue weighted by atomic mass is 10.1. The molecule has 0 atom stereocenters. The van der Waals surface area contributed by atoms with Gasteiger partial charge < -0.3 is 27.0 Å². The second kappa shape index (κ2) is 11.0. The number of anilines is 4. The minimum Gasteiger partial charge on any atom is -0.402 e. The van der Waals surface area contributed by atoms with Gasteiger partial charge in [-0.2, -0.15) is 13.2 Å². The summed E-state index contributed by atoms with van der Waals surface area (Å²) >= 11 is 0. The molecule has 0 unspecified atom stereocenters. The number of aryl methyl sites for hydroxylation is 1. The Morgan fingerprint density at radius 1 is 0.947 bits per heavy atom. The molecular formula is C26H24F3N7O2. The highest BCUT2D eigenvalue weighted by molar-refractivity contribution is 6.07. The van der Waals surface area contributed by atoms with Crippen LogP contribution in [-0.2, 0) is 6.18 Å². The highest BCUT2D eigenvalue weighted by Crippen LogP contribution is 2.30. The zero-order valence-corrected chi connectivity index (χ0v) is 20.2. The summed E-state index contributed by atoms with van der Waals surface area (Å²) in [5.74, 6) is -0.117. The van der Waals surface area contributed by atoms with Gasteiger partial charge in [-0.05, 0) is 61.7 Å². The molecule has 4 rings (SSSR count). The van der Waals surface area contributed by atoms with Crippen LogP contribution in [0.15, 0.2) is 78.4 Å². The predicted molar refractivity (Wildman–Crippen MR) is 138 cm³/mol. The molecule has 38 heavy (non-hydrogen) atoms. The van der Waals surface area contributed by atoms with Gasteiger partial charge in [-0.3, -0.25) is 4.79 Å². The molecule has 1 aliphatic carbocycles. The topological polar surface area (TPSA) is 134 Å². The van der Waals surface area contributed by atoms with Crippen molar-refractivity contribution >= 4 is 34.9 Å². The van der Waals surface area contributed by atoms with E-state index >= 15 is 0 Å². The molecule has 0 aliphatic heterocycles. The summed E-state index contributed by atoms with van der Waals surface area (Å²) < 4.78 is 38.7. The van der Waals surface area contributed by atoms with Crippen LogP contribution < -0.4 is 27.0 Å². The highest BCUT2D eigenvalue weighted by Gasteiger charge is 2.30. The first-order valence-electron chi connectivity index (χ1n) is 11.5. The maximum absolute atomic E-state index is 12.9. The fourth-order valence-electron chi connectivity index (χ4n) is 3.61. The number of benzene rings is 2. The molecular weight excluding hydrogens is 499 g/mol. The Hall–Kier alpha value is -4.87. The van der Waals surface area contributed by atoms with Crippen LogP contribution in [0, 0.1) is 6.92 Å². The van der Waals surface area contributed by atoms with Crippen LogP contribution in [0.2, 0.25) is 0 Å². The molecule has 0 radical (unpaired) electrons. The lowest BCUT2D eigenvalue weighted by Crippen LogP contribution is -2.20. The normalized spacial score (nSPS) is 13.2. The average Bonchev–Trinajstić information content (AvgIpc) is 2.86. The van der Waals surface area contributed by atoms with E-state index in [1.807, 2.05) is 12.2 Å². The Labute approximate surface area is 216 Å². The van der Waals surface area contributed by atoms with Crippen molar-refractivity contribution in [2.75, 3.05) is 21.3 Å². The summed E-state index contributed by atoms with van der Waals surface area (Å²) in [6, 6.07) is 8.17. The van der Waals surface area contributed by atoms with E-state index < -0.39 is 23.7 Å². The van der Waals surface area contributed by atoms with Gasteiger partial charge in [0.2, 0.25) is 5.95 Å². The number of nitrogens with one attached hydrogen (secondary N) is 4. The molecule has 9 nitrogen and oxygen atoms in total. The first-order chi connectivity index (χ1) is 18.1. The number of allylic oxidation sites excluding steroid dienone is 3. The Morgan fingerprint density at radius 3 is 2.34 bits per heavy atom. The van der Waals surface area contributed by atoms with Crippen LogP contribution in [0.3, 0.4) is 0 Å². The van der Waals surface area contributed by atoms with Gasteiger partial charge in [-0.15, -0.1) is 0 Å². The minimum atomic E-state index is -4.53. The quantitative estimate of drug-likeness (QED) is 0.284. The monoisotopic (exact) mass is 523 g/mol. The van der Waals surface area contributed by atoms with Crippen molar-refractivity contribution in [2.45, 2.75) is 25.9 Å². The largest absolute Gasteiger partial charge is 0.416 e. The van der Waals surface area contributed by atoms with Gasteiger partial charge in [0.25, 0.3) is 5.91 Å². The number of hydrogen-bond acceptors (Lipinski definition) is 6. The zero-order chi connectivity index (χ0) is 27.3. The smallest absolute Gasteiger partial charge is 0.402 e. The van der Waals surface area contributed by atoms with E-state index in [0.29, 0.717) is 17.2 Å². The van der Waals surface area contributed by atoms with E-state index in [4.69, 9.17) is 5.73 Å². The number of nitrogens with zero attached hydrogens (tertiary/aromatic N) is 2. The maximum Gasteiger partial charge on any atom is 0.416 e. The van der Waals surface area contributed by atoms with Crippen molar-refractivity contribution in [2.24, 2.45) is 5.73 Å². The molecule has 196 valence electrons. The number of hydrogen-bond donors (Lipinski definition) is 5. The van der Waals surface area contributed by atoms with Crippen molar-refractivity contribution in [3.05, 3.63) is 95.1 Å². The van der Waals surface area contributed by atoms with Crippen molar-refractivity contribution in [3.8, 4) is 0 Å². The Morgan fingerprint density at radius 2 is 1.66 bits per heavy atom. The molecule has 0 saturated carbocycles. The van der Waals surface area contributed by atoms with Crippen molar-refractivity contribution in [1.82, 2.24) is 9.97 Å². The van der Waals surface area contributed by atoms with Crippen LogP contribution in [0.1, 0.15) is 34.3 Å². The van der Waals surface area contributed by atoms with E-state index in [9.17, 15) is 22.8 Å². The molecule has 1 heterocycles. The first kappa shape index (κ1) is 26.2. The van der Waals surface area contributed by atoms with E-state index in [1.54, 1.807) is 19.1 Å². The summed E-state index contributed by atoms with van der Waals surface area (Å²) in [5.41, 5.74) is 8.03. The third kappa shape index (κ3) is 6.87. The molecule has 3 amide bonds. The Balaban J connectivity index is 1.38. The van der Waals surface area contributed by atoms with Crippen LogP contribution >= 0.6 is 0 Å². The highest BCUT2D eigenvalue weighted by atomic mass is 19.4. The molecule has 0 bridgehead atoms. The molecule has 1 aliphatic rings. The number of alkyl halides is 3. The predicted octanol–water partition coefficient (Wildman–Crippen LogP) is 5.63. The summed E-state index contributed by atoms with van der Waals surface area (Å²) in [6.07, 6.45) is 3.78. The lowest BCUT2D eigenvalue weighted by molar-refractivity contribution is -0.137. The molecule has 0 saturated heterocycles. The number of halogens is 3. The van der Waals surface area contributed by atoms with Gasteiger partial charge in [0, 0.05) is 28.3 Å². The number of aromatic nitrogens is 2.